The van der Waals surface area contributed by atoms with Gasteiger partial charge in [-0.3, -0.25) is 4.98 Å². The van der Waals surface area contributed by atoms with Crippen LogP contribution in [-0.4, -0.2) is 23.8 Å². The van der Waals surface area contributed by atoms with Crippen LogP contribution in [0.15, 0.2) is 18.5 Å². The minimum atomic E-state index is -1.08. The zero-order valence-electron chi connectivity index (χ0n) is 7.82. The number of nitrogens with two attached hydrogens (primary N) is 1. The number of aliphatic hydroxyl groups is 1. The Morgan fingerprint density at radius 1 is 1.69 bits per heavy atom. The highest BCUT2D eigenvalue weighted by Crippen LogP contribution is 2.24. The number of methoxy groups -OCH3 is 1. The average molecular weight is 182 g/mol. The van der Waals surface area contributed by atoms with Crippen molar-refractivity contribution < 1.29 is 9.84 Å². The molecule has 1 rings (SSSR count). The number of pyridine rings is 1. The SMILES string of the molecule is COCC(C)(O)c1cnccc1N. The second-order valence-electron chi connectivity index (χ2n) is 3.17. The van der Waals surface area contributed by atoms with Crippen molar-refractivity contribution in [3.8, 4) is 0 Å². The van der Waals surface area contributed by atoms with E-state index in [1.54, 1.807) is 25.4 Å². The maximum absolute atomic E-state index is 9.92. The van der Waals surface area contributed by atoms with Crippen LogP contribution in [0.4, 0.5) is 5.69 Å². The number of aromatic nitrogens is 1. The van der Waals surface area contributed by atoms with Crippen LogP contribution in [0.3, 0.4) is 0 Å². The zero-order chi connectivity index (χ0) is 9.90. The Balaban J connectivity index is 2.99. The minimum Gasteiger partial charge on any atom is -0.398 e. The summed E-state index contributed by atoms with van der Waals surface area (Å²) in [6.07, 6.45) is 3.13. The van der Waals surface area contributed by atoms with Gasteiger partial charge in [0, 0.05) is 30.8 Å². The van der Waals surface area contributed by atoms with E-state index in [0.717, 1.165) is 0 Å². The van der Waals surface area contributed by atoms with E-state index in [9.17, 15) is 5.11 Å². The monoisotopic (exact) mass is 182 g/mol. The lowest BCUT2D eigenvalue weighted by molar-refractivity contribution is -0.0204. The second kappa shape index (κ2) is 3.72. The molecule has 0 radical (unpaired) electrons. The van der Waals surface area contributed by atoms with E-state index >= 15 is 0 Å². The van der Waals surface area contributed by atoms with E-state index in [2.05, 4.69) is 4.98 Å². The molecule has 4 heteroatoms. The lowest BCUT2D eigenvalue weighted by atomic mass is 9.97. The molecule has 0 aliphatic carbocycles. The summed E-state index contributed by atoms with van der Waals surface area (Å²) in [6.45, 7) is 1.84. The number of hydrogen-bond acceptors (Lipinski definition) is 4. The minimum absolute atomic E-state index is 0.197. The molecular formula is C9H14N2O2. The lowest BCUT2D eigenvalue weighted by Gasteiger charge is -2.23. The van der Waals surface area contributed by atoms with Crippen LogP contribution in [0.5, 0.6) is 0 Å². The number of hydrogen-bond donors (Lipinski definition) is 2. The quantitative estimate of drug-likeness (QED) is 0.715. The molecule has 0 bridgehead atoms. The second-order valence-corrected chi connectivity index (χ2v) is 3.17. The van der Waals surface area contributed by atoms with E-state index in [-0.39, 0.29) is 6.61 Å². The van der Waals surface area contributed by atoms with Crippen LogP contribution in [0, 0.1) is 0 Å². The third kappa shape index (κ3) is 2.17. The summed E-state index contributed by atoms with van der Waals surface area (Å²) in [7, 11) is 1.53. The van der Waals surface area contributed by atoms with Gasteiger partial charge in [-0.15, -0.1) is 0 Å². The summed E-state index contributed by atoms with van der Waals surface area (Å²) < 4.78 is 4.88. The van der Waals surface area contributed by atoms with Crippen molar-refractivity contribution in [3.05, 3.63) is 24.0 Å². The van der Waals surface area contributed by atoms with Gasteiger partial charge in [-0.05, 0) is 13.0 Å². The Morgan fingerprint density at radius 2 is 2.38 bits per heavy atom. The van der Waals surface area contributed by atoms with Crippen molar-refractivity contribution in [1.82, 2.24) is 4.98 Å². The van der Waals surface area contributed by atoms with Gasteiger partial charge in [0.05, 0.1) is 6.61 Å². The van der Waals surface area contributed by atoms with E-state index in [1.807, 2.05) is 0 Å². The van der Waals surface area contributed by atoms with Crippen LogP contribution in [0.2, 0.25) is 0 Å². The number of nitrogen functional groups attached to an aromatic ring is 1. The molecule has 4 nitrogen and oxygen atoms in total. The van der Waals surface area contributed by atoms with Crippen molar-refractivity contribution in [3.63, 3.8) is 0 Å². The van der Waals surface area contributed by atoms with Gasteiger partial charge in [-0.1, -0.05) is 0 Å². The Hall–Kier alpha value is -1.13. The molecule has 1 aromatic rings. The molecule has 0 fully saturated rings. The molecule has 1 atom stereocenters. The number of nitrogens with zero attached hydrogens (tertiary/aromatic N) is 1. The van der Waals surface area contributed by atoms with E-state index < -0.39 is 5.60 Å². The van der Waals surface area contributed by atoms with Crippen LogP contribution in [0.25, 0.3) is 0 Å². The van der Waals surface area contributed by atoms with Gasteiger partial charge in [0.1, 0.15) is 5.60 Å². The molecule has 1 heterocycles. The fraction of sp³-hybridized carbons (Fsp3) is 0.444. The van der Waals surface area contributed by atoms with Gasteiger partial charge >= 0.3 is 0 Å². The summed E-state index contributed by atoms with van der Waals surface area (Å²) >= 11 is 0. The first kappa shape index (κ1) is 9.95. The van der Waals surface area contributed by atoms with E-state index in [0.29, 0.717) is 11.3 Å². The normalized spacial score (nSPS) is 15.3. The van der Waals surface area contributed by atoms with Gasteiger partial charge in [-0.2, -0.15) is 0 Å². The predicted octanol–water partition coefficient (Wildman–Crippen LogP) is 0.518. The third-order valence-corrected chi connectivity index (χ3v) is 1.86. The highest BCUT2D eigenvalue weighted by atomic mass is 16.5. The Labute approximate surface area is 77.4 Å². The first-order valence-corrected chi connectivity index (χ1v) is 3.99. The van der Waals surface area contributed by atoms with Crippen LogP contribution >= 0.6 is 0 Å². The van der Waals surface area contributed by atoms with Gasteiger partial charge < -0.3 is 15.6 Å². The van der Waals surface area contributed by atoms with Crippen molar-refractivity contribution >= 4 is 5.69 Å². The Kier molecular flexibility index (Phi) is 2.85. The first-order valence-electron chi connectivity index (χ1n) is 3.99. The van der Waals surface area contributed by atoms with Crippen molar-refractivity contribution in [2.45, 2.75) is 12.5 Å². The molecule has 13 heavy (non-hydrogen) atoms. The molecule has 1 aromatic heterocycles. The molecule has 72 valence electrons. The summed E-state index contributed by atoms with van der Waals surface area (Å²) in [5.74, 6) is 0. The van der Waals surface area contributed by atoms with E-state index in [4.69, 9.17) is 10.5 Å². The number of rotatable bonds is 3. The summed E-state index contributed by atoms with van der Waals surface area (Å²) in [6, 6.07) is 1.65. The Morgan fingerprint density at radius 3 is 2.92 bits per heavy atom. The molecule has 0 spiro atoms. The van der Waals surface area contributed by atoms with Crippen molar-refractivity contribution in [1.29, 1.82) is 0 Å². The molecule has 0 aliphatic rings. The predicted molar refractivity (Wildman–Crippen MR) is 50.1 cm³/mol. The number of ether oxygens (including phenoxy) is 1. The molecule has 0 saturated carbocycles. The average Bonchev–Trinajstić information content (AvgIpc) is 2.04. The standard InChI is InChI=1S/C9H14N2O2/c1-9(12,6-13-2)7-5-11-4-3-8(7)10/h3-5,12H,6H2,1-2H3,(H2,10,11). The van der Waals surface area contributed by atoms with Crippen LogP contribution in [-0.2, 0) is 10.3 Å². The van der Waals surface area contributed by atoms with Gasteiger partial charge in [0.15, 0.2) is 0 Å². The van der Waals surface area contributed by atoms with Gasteiger partial charge in [0.25, 0.3) is 0 Å². The first-order chi connectivity index (χ1) is 6.08. The fourth-order valence-corrected chi connectivity index (χ4v) is 1.21. The number of anilines is 1. The summed E-state index contributed by atoms with van der Waals surface area (Å²) in [4.78, 5) is 3.90. The maximum Gasteiger partial charge on any atom is 0.113 e. The van der Waals surface area contributed by atoms with Gasteiger partial charge in [-0.25, -0.2) is 0 Å². The van der Waals surface area contributed by atoms with Gasteiger partial charge in [0.2, 0.25) is 0 Å². The lowest BCUT2D eigenvalue weighted by Crippen LogP contribution is -2.28. The maximum atomic E-state index is 9.92. The van der Waals surface area contributed by atoms with Crippen LogP contribution < -0.4 is 5.73 Å². The zero-order valence-corrected chi connectivity index (χ0v) is 7.82. The molecule has 3 N–H and O–H groups in total. The summed E-state index contributed by atoms with van der Waals surface area (Å²) in [5, 5.41) is 9.92. The highest BCUT2D eigenvalue weighted by molar-refractivity contribution is 5.47. The Bertz CT molecular complexity index is 287. The van der Waals surface area contributed by atoms with E-state index in [1.165, 1.54) is 7.11 Å². The largest absolute Gasteiger partial charge is 0.398 e. The molecule has 0 aromatic carbocycles. The molecular weight excluding hydrogens is 168 g/mol. The topological polar surface area (TPSA) is 68.4 Å². The van der Waals surface area contributed by atoms with Crippen molar-refractivity contribution in [2.24, 2.45) is 0 Å². The molecule has 0 amide bonds. The van der Waals surface area contributed by atoms with Crippen LogP contribution in [0.1, 0.15) is 12.5 Å². The smallest absolute Gasteiger partial charge is 0.113 e. The molecule has 0 saturated heterocycles. The molecule has 1 unspecified atom stereocenters. The summed E-state index contributed by atoms with van der Waals surface area (Å²) in [5.41, 5.74) is 5.72. The fourth-order valence-electron chi connectivity index (χ4n) is 1.21. The van der Waals surface area contributed by atoms with Crippen molar-refractivity contribution in [2.75, 3.05) is 19.5 Å². The molecule has 0 aliphatic heterocycles. The highest BCUT2D eigenvalue weighted by Gasteiger charge is 2.25. The third-order valence-electron chi connectivity index (χ3n) is 1.86.